The van der Waals surface area contributed by atoms with E-state index < -0.39 is 0 Å². The molecule has 1 fully saturated rings. The Morgan fingerprint density at radius 1 is 1.21 bits per heavy atom. The van der Waals surface area contributed by atoms with Gasteiger partial charge in [-0.05, 0) is 31.9 Å². The number of aliphatic hydroxyl groups is 2. The molecule has 1 heterocycles. The predicted octanol–water partition coefficient (Wildman–Crippen LogP) is 1.40. The van der Waals surface area contributed by atoms with Crippen molar-refractivity contribution in [1.82, 2.24) is 4.90 Å². The highest BCUT2D eigenvalue weighted by molar-refractivity contribution is 5.33. The number of hydrogen-bond acceptors (Lipinski definition) is 4. The molecule has 1 saturated heterocycles. The first-order valence-electron chi connectivity index (χ1n) is 7.01. The fourth-order valence-electron chi connectivity index (χ4n) is 2.73. The summed E-state index contributed by atoms with van der Waals surface area (Å²) in [7, 11) is 0. The fraction of sp³-hybridized carbons (Fsp3) is 0.600. The normalized spacial score (nSPS) is 19.8. The Balaban J connectivity index is 2.01. The van der Waals surface area contributed by atoms with Gasteiger partial charge < -0.3 is 14.9 Å². The van der Waals surface area contributed by atoms with Crippen molar-refractivity contribution in [3.8, 4) is 5.75 Å². The molecular formula is C15H23NO3. The number of hydrogen-bond donors (Lipinski definition) is 2. The zero-order chi connectivity index (χ0) is 13.5. The lowest BCUT2D eigenvalue weighted by Gasteiger charge is -2.24. The van der Waals surface area contributed by atoms with Gasteiger partial charge in [-0.2, -0.15) is 0 Å². The summed E-state index contributed by atoms with van der Waals surface area (Å²) < 4.78 is 5.57. The highest BCUT2D eigenvalue weighted by atomic mass is 16.5. The molecule has 1 aromatic rings. The average molecular weight is 265 g/mol. The first kappa shape index (κ1) is 14.3. The van der Waals surface area contributed by atoms with Gasteiger partial charge in [0.1, 0.15) is 12.4 Å². The van der Waals surface area contributed by atoms with Crippen molar-refractivity contribution in [3.05, 3.63) is 29.8 Å². The van der Waals surface area contributed by atoms with Crippen molar-refractivity contribution in [3.63, 3.8) is 0 Å². The summed E-state index contributed by atoms with van der Waals surface area (Å²) in [5.41, 5.74) is 1.15. The molecule has 0 saturated carbocycles. The van der Waals surface area contributed by atoms with Crippen molar-refractivity contribution in [2.24, 2.45) is 0 Å². The first-order chi connectivity index (χ1) is 9.35. The van der Waals surface area contributed by atoms with E-state index >= 15 is 0 Å². The third-order valence-electron chi connectivity index (χ3n) is 3.66. The van der Waals surface area contributed by atoms with Gasteiger partial charge in [0.25, 0.3) is 0 Å². The van der Waals surface area contributed by atoms with E-state index in [2.05, 4.69) is 11.0 Å². The number of likely N-dealkylation sites (tertiary alicyclic amines) is 1. The van der Waals surface area contributed by atoms with Gasteiger partial charge in [0, 0.05) is 24.8 Å². The van der Waals surface area contributed by atoms with Crippen LogP contribution in [0.1, 0.15) is 24.8 Å². The molecule has 2 N–H and O–H groups in total. The molecule has 0 bridgehead atoms. The molecule has 0 radical (unpaired) electrons. The molecule has 0 spiro atoms. The molecule has 106 valence electrons. The van der Waals surface area contributed by atoms with Gasteiger partial charge in [0.15, 0.2) is 0 Å². The van der Waals surface area contributed by atoms with E-state index in [1.165, 1.54) is 12.8 Å². The molecule has 0 unspecified atom stereocenters. The van der Waals surface area contributed by atoms with Gasteiger partial charge in [-0.1, -0.05) is 18.2 Å². The molecule has 0 aliphatic carbocycles. The lowest BCUT2D eigenvalue weighted by atomic mass is 10.1. The third kappa shape index (κ3) is 3.93. The van der Waals surface area contributed by atoms with Crippen LogP contribution in [-0.4, -0.2) is 47.5 Å². The van der Waals surface area contributed by atoms with Crippen molar-refractivity contribution < 1.29 is 14.9 Å². The van der Waals surface area contributed by atoms with Gasteiger partial charge in [-0.25, -0.2) is 0 Å². The maximum Gasteiger partial charge on any atom is 0.123 e. The Labute approximate surface area is 114 Å². The maximum atomic E-state index is 9.10. The van der Waals surface area contributed by atoms with Crippen LogP contribution in [0.4, 0.5) is 0 Å². The van der Waals surface area contributed by atoms with E-state index in [0.717, 1.165) is 30.8 Å². The van der Waals surface area contributed by atoms with Crippen LogP contribution in [0.3, 0.4) is 0 Å². The van der Waals surface area contributed by atoms with Gasteiger partial charge in [-0.3, -0.25) is 4.90 Å². The second-order valence-corrected chi connectivity index (χ2v) is 4.96. The summed E-state index contributed by atoms with van der Waals surface area (Å²) in [6, 6.07) is 8.46. The molecule has 1 aliphatic rings. The number of para-hydroxylation sites is 1. The summed E-state index contributed by atoms with van der Waals surface area (Å²) in [6.07, 6.45) is 3.21. The Bertz CT molecular complexity index is 383. The third-order valence-corrected chi connectivity index (χ3v) is 3.66. The van der Waals surface area contributed by atoms with Gasteiger partial charge >= 0.3 is 0 Å². The van der Waals surface area contributed by atoms with Crippen molar-refractivity contribution >= 4 is 0 Å². The van der Waals surface area contributed by atoms with Crippen LogP contribution in [0.5, 0.6) is 5.75 Å². The molecule has 1 atom stereocenters. The van der Waals surface area contributed by atoms with E-state index in [1.54, 1.807) is 0 Å². The van der Waals surface area contributed by atoms with Crippen LogP contribution in [0.25, 0.3) is 0 Å². The second-order valence-electron chi connectivity index (χ2n) is 4.96. The van der Waals surface area contributed by atoms with Crippen LogP contribution in [-0.2, 0) is 6.54 Å². The number of benzene rings is 1. The SMILES string of the molecule is OCCOc1ccccc1CN1CCC[C@@H]1CCO. The zero-order valence-electron chi connectivity index (χ0n) is 11.3. The molecule has 0 aromatic heterocycles. The topological polar surface area (TPSA) is 52.9 Å². The molecular weight excluding hydrogens is 242 g/mol. The Hall–Kier alpha value is -1.10. The van der Waals surface area contributed by atoms with E-state index in [0.29, 0.717) is 12.6 Å². The molecule has 4 heteroatoms. The largest absolute Gasteiger partial charge is 0.491 e. The second kappa shape index (κ2) is 7.48. The standard InChI is InChI=1S/C15H23NO3/c17-9-7-14-5-3-8-16(14)12-13-4-1-2-6-15(13)19-11-10-18/h1-2,4,6,14,17-18H,3,5,7-12H2/t14-/m1/s1. The van der Waals surface area contributed by atoms with E-state index in [4.69, 9.17) is 14.9 Å². The highest BCUT2D eigenvalue weighted by Gasteiger charge is 2.24. The minimum Gasteiger partial charge on any atom is -0.491 e. The summed E-state index contributed by atoms with van der Waals surface area (Å²) in [4.78, 5) is 2.41. The Morgan fingerprint density at radius 3 is 2.84 bits per heavy atom. The average Bonchev–Trinajstić information content (AvgIpc) is 2.86. The van der Waals surface area contributed by atoms with Gasteiger partial charge in [0.05, 0.1) is 6.61 Å². The Kier molecular flexibility index (Phi) is 5.63. The quantitative estimate of drug-likeness (QED) is 0.782. The van der Waals surface area contributed by atoms with Gasteiger partial charge in [-0.15, -0.1) is 0 Å². The molecule has 0 amide bonds. The van der Waals surface area contributed by atoms with Crippen LogP contribution in [0.2, 0.25) is 0 Å². The van der Waals surface area contributed by atoms with E-state index in [9.17, 15) is 0 Å². The van der Waals surface area contributed by atoms with Crippen molar-refractivity contribution in [1.29, 1.82) is 0 Å². The first-order valence-corrected chi connectivity index (χ1v) is 7.01. The molecule has 4 nitrogen and oxygen atoms in total. The van der Waals surface area contributed by atoms with Crippen LogP contribution in [0, 0.1) is 0 Å². The number of ether oxygens (including phenoxy) is 1. The number of nitrogens with zero attached hydrogens (tertiary/aromatic N) is 1. The molecule has 2 rings (SSSR count). The lowest BCUT2D eigenvalue weighted by Crippen LogP contribution is -2.29. The summed E-state index contributed by atoms with van der Waals surface area (Å²) in [6.45, 7) is 2.55. The van der Waals surface area contributed by atoms with Crippen LogP contribution >= 0.6 is 0 Å². The monoisotopic (exact) mass is 265 g/mol. The zero-order valence-corrected chi connectivity index (χ0v) is 11.3. The van der Waals surface area contributed by atoms with E-state index in [1.807, 2.05) is 18.2 Å². The van der Waals surface area contributed by atoms with Crippen LogP contribution in [0.15, 0.2) is 24.3 Å². The highest BCUT2D eigenvalue weighted by Crippen LogP contribution is 2.26. The maximum absolute atomic E-state index is 9.10. The lowest BCUT2D eigenvalue weighted by molar-refractivity contribution is 0.181. The van der Waals surface area contributed by atoms with Crippen LogP contribution < -0.4 is 4.74 Å². The Morgan fingerprint density at radius 2 is 2.05 bits per heavy atom. The number of aliphatic hydroxyl groups excluding tert-OH is 2. The number of rotatable bonds is 7. The minimum absolute atomic E-state index is 0.0329. The summed E-state index contributed by atoms with van der Waals surface area (Å²) in [5, 5.41) is 18.0. The predicted molar refractivity (Wildman–Crippen MR) is 74.2 cm³/mol. The smallest absolute Gasteiger partial charge is 0.123 e. The molecule has 19 heavy (non-hydrogen) atoms. The summed E-state index contributed by atoms with van der Waals surface area (Å²) >= 11 is 0. The van der Waals surface area contributed by atoms with Gasteiger partial charge in [0.2, 0.25) is 0 Å². The van der Waals surface area contributed by atoms with E-state index in [-0.39, 0.29) is 13.2 Å². The van der Waals surface area contributed by atoms with Crippen molar-refractivity contribution in [2.45, 2.75) is 31.8 Å². The molecule has 1 aliphatic heterocycles. The fourth-order valence-corrected chi connectivity index (χ4v) is 2.73. The minimum atomic E-state index is 0.0329. The van der Waals surface area contributed by atoms with Crippen molar-refractivity contribution in [2.75, 3.05) is 26.4 Å². The molecule has 1 aromatic carbocycles. The summed E-state index contributed by atoms with van der Waals surface area (Å²) in [5.74, 6) is 0.853.